The topological polar surface area (TPSA) is 26.0 Å². The normalized spacial score (nSPS) is 33.8. The summed E-state index contributed by atoms with van der Waals surface area (Å²) in [7, 11) is 0. The lowest BCUT2D eigenvalue weighted by Crippen LogP contribution is -1.99. The Balaban J connectivity index is 1.83. The summed E-state index contributed by atoms with van der Waals surface area (Å²) in [5.41, 5.74) is 5.81. The van der Waals surface area contributed by atoms with Crippen LogP contribution < -0.4 is 5.73 Å². The van der Waals surface area contributed by atoms with E-state index in [9.17, 15) is 0 Å². The Morgan fingerprint density at radius 1 is 1.25 bits per heavy atom. The Labute approximate surface area is 76.6 Å². The predicted molar refractivity (Wildman–Crippen MR) is 51.6 cm³/mol. The molecule has 1 heterocycles. The molecule has 0 bridgehead atoms. The van der Waals surface area contributed by atoms with Crippen molar-refractivity contribution < 1.29 is 0 Å². The standard InChI is InChI=1S/C10H13NS/c11-8-5-7(8)10-4-3-9(12-10)6-1-2-6/h3-4,6-8H,1-2,5,11H2. The van der Waals surface area contributed by atoms with Crippen LogP contribution in [0.5, 0.6) is 0 Å². The van der Waals surface area contributed by atoms with Crippen LogP contribution in [0.15, 0.2) is 12.1 Å². The fraction of sp³-hybridized carbons (Fsp3) is 0.600. The van der Waals surface area contributed by atoms with Crippen LogP contribution in [0, 0.1) is 0 Å². The third-order valence-corrected chi connectivity index (χ3v) is 4.21. The van der Waals surface area contributed by atoms with Crippen LogP contribution in [-0.2, 0) is 0 Å². The van der Waals surface area contributed by atoms with Crippen LogP contribution in [0.4, 0.5) is 0 Å². The van der Waals surface area contributed by atoms with Gasteiger partial charge in [-0.05, 0) is 37.3 Å². The van der Waals surface area contributed by atoms with Gasteiger partial charge in [0.2, 0.25) is 0 Å². The Morgan fingerprint density at radius 3 is 2.50 bits per heavy atom. The molecule has 2 aliphatic rings. The summed E-state index contributed by atoms with van der Waals surface area (Å²) in [6, 6.07) is 5.06. The van der Waals surface area contributed by atoms with Crippen LogP contribution in [0.2, 0.25) is 0 Å². The van der Waals surface area contributed by atoms with Gasteiger partial charge in [0.25, 0.3) is 0 Å². The van der Waals surface area contributed by atoms with E-state index in [1.165, 1.54) is 24.1 Å². The smallest absolute Gasteiger partial charge is 0.0123 e. The highest BCUT2D eigenvalue weighted by molar-refractivity contribution is 7.12. The van der Waals surface area contributed by atoms with E-state index in [0.717, 1.165) is 5.92 Å². The van der Waals surface area contributed by atoms with Gasteiger partial charge in [-0.1, -0.05) is 0 Å². The first-order chi connectivity index (χ1) is 5.84. The van der Waals surface area contributed by atoms with Crippen molar-refractivity contribution in [2.45, 2.75) is 37.1 Å². The van der Waals surface area contributed by atoms with E-state index in [1.54, 1.807) is 4.88 Å². The van der Waals surface area contributed by atoms with Crippen molar-refractivity contribution in [3.63, 3.8) is 0 Å². The molecule has 0 aliphatic heterocycles. The number of thiophene rings is 1. The molecule has 3 rings (SSSR count). The minimum absolute atomic E-state index is 0.468. The van der Waals surface area contributed by atoms with Gasteiger partial charge in [0.1, 0.15) is 0 Å². The molecule has 2 fully saturated rings. The zero-order valence-corrected chi connectivity index (χ0v) is 7.81. The van der Waals surface area contributed by atoms with Crippen molar-refractivity contribution in [2.75, 3.05) is 0 Å². The molecule has 12 heavy (non-hydrogen) atoms. The summed E-state index contributed by atoms with van der Waals surface area (Å²) in [4.78, 5) is 3.13. The maximum Gasteiger partial charge on any atom is 0.0123 e. The fourth-order valence-corrected chi connectivity index (χ4v) is 3.07. The minimum Gasteiger partial charge on any atom is -0.327 e. The van der Waals surface area contributed by atoms with E-state index < -0.39 is 0 Å². The van der Waals surface area contributed by atoms with E-state index in [0.29, 0.717) is 12.0 Å². The number of nitrogens with two attached hydrogens (primary N) is 1. The lowest BCUT2D eigenvalue weighted by Gasteiger charge is -1.89. The summed E-state index contributed by atoms with van der Waals surface area (Å²) in [6.45, 7) is 0. The highest BCUT2D eigenvalue weighted by Crippen LogP contribution is 2.48. The Morgan fingerprint density at radius 2 is 1.92 bits per heavy atom. The second-order valence-electron chi connectivity index (χ2n) is 4.02. The van der Waals surface area contributed by atoms with E-state index in [4.69, 9.17) is 5.73 Å². The van der Waals surface area contributed by atoms with Gasteiger partial charge in [0.15, 0.2) is 0 Å². The molecule has 2 N–H and O–H groups in total. The average Bonchev–Trinajstić information content (AvgIpc) is 2.96. The summed E-state index contributed by atoms with van der Waals surface area (Å²) < 4.78 is 0. The van der Waals surface area contributed by atoms with Crippen molar-refractivity contribution in [3.8, 4) is 0 Å². The molecule has 0 radical (unpaired) electrons. The number of hydrogen-bond acceptors (Lipinski definition) is 2. The maximum atomic E-state index is 5.81. The molecule has 2 atom stereocenters. The quantitative estimate of drug-likeness (QED) is 0.741. The molecule has 2 saturated carbocycles. The zero-order valence-electron chi connectivity index (χ0n) is 6.99. The third kappa shape index (κ3) is 1.10. The van der Waals surface area contributed by atoms with E-state index in [1.807, 2.05) is 11.3 Å². The van der Waals surface area contributed by atoms with Crippen molar-refractivity contribution in [2.24, 2.45) is 5.73 Å². The van der Waals surface area contributed by atoms with Gasteiger partial charge in [-0.15, -0.1) is 11.3 Å². The summed E-state index contributed by atoms with van der Waals surface area (Å²) >= 11 is 2.00. The van der Waals surface area contributed by atoms with Gasteiger partial charge in [-0.25, -0.2) is 0 Å². The molecular formula is C10H13NS. The number of rotatable bonds is 2. The van der Waals surface area contributed by atoms with Gasteiger partial charge >= 0.3 is 0 Å². The molecule has 0 amide bonds. The average molecular weight is 179 g/mol. The molecule has 64 valence electrons. The molecule has 2 heteroatoms. The monoisotopic (exact) mass is 179 g/mol. The van der Waals surface area contributed by atoms with Crippen molar-refractivity contribution >= 4 is 11.3 Å². The molecule has 2 unspecified atom stereocenters. The molecule has 2 aliphatic carbocycles. The lowest BCUT2D eigenvalue weighted by molar-refractivity contribution is 1.01. The van der Waals surface area contributed by atoms with Crippen molar-refractivity contribution in [1.29, 1.82) is 0 Å². The highest BCUT2D eigenvalue weighted by atomic mass is 32.1. The highest BCUT2D eigenvalue weighted by Gasteiger charge is 2.36. The molecule has 1 nitrogen and oxygen atoms in total. The van der Waals surface area contributed by atoms with Gasteiger partial charge in [0.05, 0.1) is 0 Å². The van der Waals surface area contributed by atoms with Gasteiger partial charge in [-0.3, -0.25) is 0 Å². The Kier molecular flexibility index (Phi) is 1.38. The molecule has 0 saturated heterocycles. The molecule has 1 aromatic rings. The van der Waals surface area contributed by atoms with E-state index in [-0.39, 0.29) is 0 Å². The minimum atomic E-state index is 0.468. The molecule has 0 spiro atoms. The van der Waals surface area contributed by atoms with Crippen LogP contribution >= 0.6 is 11.3 Å². The molecule has 0 aromatic carbocycles. The van der Waals surface area contributed by atoms with Crippen LogP contribution in [0.1, 0.15) is 40.9 Å². The summed E-state index contributed by atoms with van der Waals surface area (Å²) in [6.07, 6.45) is 4.04. The summed E-state index contributed by atoms with van der Waals surface area (Å²) in [5, 5.41) is 0. The molecular weight excluding hydrogens is 166 g/mol. The van der Waals surface area contributed by atoms with Gasteiger partial charge in [-0.2, -0.15) is 0 Å². The van der Waals surface area contributed by atoms with Crippen molar-refractivity contribution in [1.82, 2.24) is 0 Å². The first-order valence-corrected chi connectivity index (χ1v) is 5.51. The van der Waals surface area contributed by atoms with Crippen LogP contribution in [0.25, 0.3) is 0 Å². The van der Waals surface area contributed by atoms with Gasteiger partial charge < -0.3 is 5.73 Å². The second-order valence-corrected chi connectivity index (χ2v) is 5.17. The lowest BCUT2D eigenvalue weighted by atomic mass is 10.3. The summed E-state index contributed by atoms with van der Waals surface area (Å²) in [5.74, 6) is 1.63. The molecule has 1 aromatic heterocycles. The second kappa shape index (κ2) is 2.33. The van der Waals surface area contributed by atoms with Crippen molar-refractivity contribution in [3.05, 3.63) is 21.9 Å². The number of hydrogen-bond donors (Lipinski definition) is 1. The zero-order chi connectivity index (χ0) is 8.13. The van der Waals surface area contributed by atoms with Gasteiger partial charge in [0, 0.05) is 21.7 Å². The fourth-order valence-electron chi connectivity index (χ4n) is 1.70. The maximum absolute atomic E-state index is 5.81. The van der Waals surface area contributed by atoms with E-state index >= 15 is 0 Å². The predicted octanol–water partition coefficient (Wildman–Crippen LogP) is 2.44. The van der Waals surface area contributed by atoms with Crippen LogP contribution in [0.3, 0.4) is 0 Å². The first-order valence-electron chi connectivity index (χ1n) is 4.70. The third-order valence-electron chi connectivity index (χ3n) is 2.83. The Hall–Kier alpha value is -0.340. The Bertz CT molecular complexity index is 301. The first kappa shape index (κ1) is 7.10. The van der Waals surface area contributed by atoms with Crippen LogP contribution in [-0.4, -0.2) is 6.04 Å². The van der Waals surface area contributed by atoms with E-state index in [2.05, 4.69) is 12.1 Å². The largest absolute Gasteiger partial charge is 0.327 e. The SMILES string of the molecule is NC1CC1c1ccc(C2CC2)s1.